The summed E-state index contributed by atoms with van der Waals surface area (Å²) in [5.74, 6) is 0.289. The molecule has 0 saturated carbocycles. The Kier molecular flexibility index (Phi) is 8.10. The van der Waals surface area contributed by atoms with Gasteiger partial charge in [0.2, 0.25) is 0 Å². The molecule has 9 heteroatoms. The smallest absolute Gasteiger partial charge is 0.293 e. The number of carbonyl (C=O) groups is 2. The van der Waals surface area contributed by atoms with E-state index in [0.717, 1.165) is 34.0 Å². The Bertz CT molecular complexity index is 1310. The predicted octanol–water partition coefficient (Wildman–Crippen LogP) is 8.64. The van der Waals surface area contributed by atoms with Gasteiger partial charge in [-0.05, 0) is 92.0 Å². The zero-order chi connectivity index (χ0) is 24.4. The number of nitrogens with zero attached hydrogens (tertiary/aromatic N) is 1. The van der Waals surface area contributed by atoms with Crippen LogP contribution in [0.4, 0.5) is 4.79 Å². The average molecular weight is 642 g/mol. The van der Waals surface area contributed by atoms with Gasteiger partial charge in [-0.2, -0.15) is 0 Å². The topological polar surface area (TPSA) is 46.6 Å². The molecule has 4 nitrogen and oxygen atoms in total. The molecule has 1 aliphatic heterocycles. The van der Waals surface area contributed by atoms with Gasteiger partial charge in [-0.3, -0.25) is 14.5 Å². The second-order valence-electron chi connectivity index (χ2n) is 7.59. The molecule has 174 valence electrons. The molecule has 3 aromatic carbocycles. The first-order valence-electron chi connectivity index (χ1n) is 10.1. The minimum Gasteiger partial charge on any atom is -0.486 e. The van der Waals surface area contributed by atoms with E-state index in [-0.39, 0.29) is 24.3 Å². The normalized spacial score (nSPS) is 14.9. The Morgan fingerprint density at radius 2 is 1.76 bits per heavy atom. The summed E-state index contributed by atoms with van der Waals surface area (Å²) in [6.45, 7) is 2.48. The van der Waals surface area contributed by atoms with Crippen molar-refractivity contribution >= 4 is 84.0 Å². The van der Waals surface area contributed by atoms with Crippen LogP contribution in [0, 0.1) is 6.92 Å². The summed E-state index contributed by atoms with van der Waals surface area (Å²) in [5.41, 5.74) is 3.54. The summed E-state index contributed by atoms with van der Waals surface area (Å²) in [6, 6.07) is 16.7. The largest absolute Gasteiger partial charge is 0.486 e. The molecular formula is C25H17Br2Cl2NO3S. The van der Waals surface area contributed by atoms with Crippen molar-refractivity contribution in [2.45, 2.75) is 20.1 Å². The maximum atomic E-state index is 12.9. The minimum absolute atomic E-state index is 0.247. The summed E-state index contributed by atoms with van der Waals surface area (Å²) in [6.07, 6.45) is 1.70. The van der Waals surface area contributed by atoms with E-state index in [1.54, 1.807) is 18.2 Å². The van der Waals surface area contributed by atoms with E-state index in [1.807, 2.05) is 49.4 Å². The second-order valence-corrected chi connectivity index (χ2v) is 11.1. The van der Waals surface area contributed by atoms with E-state index in [0.29, 0.717) is 29.6 Å². The van der Waals surface area contributed by atoms with Crippen LogP contribution in [-0.2, 0) is 17.9 Å². The number of rotatable bonds is 6. The van der Waals surface area contributed by atoms with Crippen LogP contribution in [0.1, 0.15) is 22.3 Å². The molecule has 0 atom stereocenters. The fraction of sp³-hybridized carbons (Fsp3) is 0.120. The third-order valence-corrected chi connectivity index (χ3v) is 7.67. The van der Waals surface area contributed by atoms with Crippen molar-refractivity contribution in [1.29, 1.82) is 0 Å². The van der Waals surface area contributed by atoms with Crippen LogP contribution in [0.15, 0.2) is 68.4 Å². The maximum Gasteiger partial charge on any atom is 0.293 e. The zero-order valence-electron chi connectivity index (χ0n) is 17.8. The lowest BCUT2D eigenvalue weighted by Gasteiger charge is -2.13. The predicted molar refractivity (Wildman–Crippen MR) is 145 cm³/mol. The highest BCUT2D eigenvalue weighted by Crippen LogP contribution is 2.38. The standard InChI is InChI=1S/C25H17Br2Cl2NO3S/c1-14-3-2-4-15(7-14)12-30-24(31)22(34-25(30)32)10-16-8-19(26)23(20(27)9-16)33-13-17-5-6-18(28)11-21(17)29/h2-11H,12-13H2,1H3/b22-10-. The molecule has 0 N–H and O–H groups in total. The number of imide groups is 1. The summed E-state index contributed by atoms with van der Waals surface area (Å²) < 4.78 is 7.34. The van der Waals surface area contributed by atoms with Crippen molar-refractivity contribution in [2.75, 3.05) is 0 Å². The molecule has 2 amide bonds. The van der Waals surface area contributed by atoms with Gasteiger partial charge < -0.3 is 4.74 Å². The van der Waals surface area contributed by atoms with E-state index in [2.05, 4.69) is 31.9 Å². The fourth-order valence-corrected chi connectivity index (χ4v) is 6.12. The summed E-state index contributed by atoms with van der Waals surface area (Å²) >= 11 is 20.2. The zero-order valence-corrected chi connectivity index (χ0v) is 23.3. The molecule has 1 aliphatic rings. The number of halogens is 4. The van der Waals surface area contributed by atoms with Gasteiger partial charge in [0.05, 0.1) is 20.4 Å². The number of carbonyl (C=O) groups excluding carboxylic acids is 2. The van der Waals surface area contributed by atoms with Gasteiger partial charge in [0.15, 0.2) is 0 Å². The number of hydrogen-bond acceptors (Lipinski definition) is 4. The Labute approximate surface area is 228 Å². The molecule has 1 heterocycles. The molecule has 0 unspecified atom stereocenters. The molecule has 3 aromatic rings. The molecule has 4 rings (SSSR count). The van der Waals surface area contributed by atoms with Crippen molar-refractivity contribution < 1.29 is 14.3 Å². The molecule has 0 radical (unpaired) electrons. The summed E-state index contributed by atoms with van der Waals surface area (Å²) in [4.78, 5) is 27.0. The third-order valence-electron chi connectivity index (χ3n) is 5.00. The van der Waals surface area contributed by atoms with Crippen LogP contribution in [-0.4, -0.2) is 16.0 Å². The molecule has 0 spiro atoms. The van der Waals surface area contributed by atoms with Crippen LogP contribution < -0.4 is 4.74 Å². The first-order valence-corrected chi connectivity index (χ1v) is 13.2. The summed E-state index contributed by atoms with van der Waals surface area (Å²) in [5, 5.41) is 0.803. The molecule has 1 saturated heterocycles. The van der Waals surface area contributed by atoms with Crippen LogP contribution in [0.25, 0.3) is 6.08 Å². The first kappa shape index (κ1) is 25.3. The van der Waals surface area contributed by atoms with Crippen LogP contribution in [0.2, 0.25) is 10.0 Å². The lowest BCUT2D eigenvalue weighted by Crippen LogP contribution is -2.27. The minimum atomic E-state index is -0.304. The van der Waals surface area contributed by atoms with E-state index >= 15 is 0 Å². The van der Waals surface area contributed by atoms with E-state index < -0.39 is 0 Å². The van der Waals surface area contributed by atoms with Crippen molar-refractivity contribution in [3.63, 3.8) is 0 Å². The lowest BCUT2D eigenvalue weighted by atomic mass is 10.1. The third kappa shape index (κ3) is 5.89. The first-order chi connectivity index (χ1) is 16.2. The van der Waals surface area contributed by atoms with E-state index in [4.69, 9.17) is 27.9 Å². The molecule has 0 bridgehead atoms. The van der Waals surface area contributed by atoms with E-state index in [9.17, 15) is 9.59 Å². The average Bonchev–Trinajstić information content (AvgIpc) is 3.02. The Balaban J connectivity index is 1.50. The Hall–Kier alpha value is -1.77. The number of ether oxygens (including phenoxy) is 1. The van der Waals surface area contributed by atoms with Gasteiger partial charge in [0.25, 0.3) is 11.1 Å². The fourth-order valence-electron chi connectivity index (χ4n) is 3.37. The highest BCUT2D eigenvalue weighted by Gasteiger charge is 2.35. The number of hydrogen-bond donors (Lipinski definition) is 0. The second kappa shape index (κ2) is 10.9. The van der Waals surface area contributed by atoms with Gasteiger partial charge in [-0.25, -0.2) is 0 Å². The molecule has 34 heavy (non-hydrogen) atoms. The number of benzene rings is 3. The maximum absolute atomic E-state index is 12.9. The van der Waals surface area contributed by atoms with E-state index in [1.165, 1.54) is 4.90 Å². The van der Waals surface area contributed by atoms with Crippen molar-refractivity contribution in [2.24, 2.45) is 0 Å². The van der Waals surface area contributed by atoms with Crippen LogP contribution in [0.5, 0.6) is 5.75 Å². The molecule has 0 aromatic heterocycles. The van der Waals surface area contributed by atoms with Crippen molar-refractivity contribution in [1.82, 2.24) is 4.90 Å². The van der Waals surface area contributed by atoms with Gasteiger partial charge in [-0.1, -0.05) is 59.1 Å². The van der Waals surface area contributed by atoms with Crippen molar-refractivity contribution in [3.05, 3.63) is 101 Å². The quantitative estimate of drug-likeness (QED) is 0.253. The van der Waals surface area contributed by atoms with Gasteiger partial charge in [0, 0.05) is 15.6 Å². The number of thioether (sulfide) groups is 1. The Morgan fingerprint density at radius 1 is 1.03 bits per heavy atom. The van der Waals surface area contributed by atoms with Gasteiger partial charge in [-0.15, -0.1) is 0 Å². The SMILES string of the molecule is Cc1cccc(CN2C(=O)S/C(=C\c3cc(Br)c(OCc4ccc(Cl)cc4Cl)c(Br)c3)C2=O)c1. The van der Waals surface area contributed by atoms with Gasteiger partial charge in [0.1, 0.15) is 12.4 Å². The van der Waals surface area contributed by atoms with Crippen LogP contribution >= 0.6 is 66.8 Å². The Morgan fingerprint density at radius 3 is 2.44 bits per heavy atom. The molecule has 1 fully saturated rings. The van der Waals surface area contributed by atoms with Crippen LogP contribution in [0.3, 0.4) is 0 Å². The molecular weight excluding hydrogens is 625 g/mol. The summed E-state index contributed by atoms with van der Waals surface area (Å²) in [7, 11) is 0. The highest BCUT2D eigenvalue weighted by atomic mass is 79.9. The highest BCUT2D eigenvalue weighted by molar-refractivity contribution is 9.11. The number of amides is 2. The molecule has 0 aliphatic carbocycles. The number of aryl methyl sites for hydroxylation is 1. The van der Waals surface area contributed by atoms with Gasteiger partial charge >= 0.3 is 0 Å². The monoisotopic (exact) mass is 639 g/mol. The lowest BCUT2D eigenvalue weighted by molar-refractivity contribution is -0.123. The van der Waals surface area contributed by atoms with Crippen molar-refractivity contribution in [3.8, 4) is 5.75 Å².